The lowest BCUT2D eigenvalue weighted by atomic mass is 10.2. The first-order valence-electron chi connectivity index (χ1n) is 6.90. The number of aldehydes is 1. The van der Waals surface area contributed by atoms with Gasteiger partial charge in [-0.05, 0) is 18.4 Å². The minimum Gasteiger partial charge on any atom is -0.445 e. The average molecular weight is 290 g/mol. The zero-order valence-electron chi connectivity index (χ0n) is 11.7. The number of nitrogens with zero attached hydrogens (tertiary/aromatic N) is 1. The molecule has 0 aliphatic carbocycles. The normalized spacial score (nSPS) is 17.3. The summed E-state index contributed by atoms with van der Waals surface area (Å²) in [6.45, 7) is 0.558. The number of nitrogens with one attached hydrogen (secondary N) is 1. The Kier molecular flexibility index (Phi) is 5.31. The van der Waals surface area contributed by atoms with Crippen molar-refractivity contribution in [2.75, 3.05) is 13.1 Å². The molecule has 1 fully saturated rings. The van der Waals surface area contributed by atoms with Crippen molar-refractivity contribution in [3.8, 4) is 0 Å². The smallest absolute Gasteiger partial charge is 0.407 e. The first-order valence-corrected chi connectivity index (χ1v) is 6.90. The zero-order chi connectivity index (χ0) is 15.1. The number of rotatable bonds is 5. The first-order chi connectivity index (χ1) is 10.2. The topological polar surface area (TPSA) is 75.7 Å². The van der Waals surface area contributed by atoms with E-state index in [4.69, 9.17) is 4.74 Å². The fraction of sp³-hybridized carbons (Fsp3) is 0.400. The third-order valence-electron chi connectivity index (χ3n) is 3.37. The van der Waals surface area contributed by atoms with Gasteiger partial charge in [-0.1, -0.05) is 30.3 Å². The number of benzene rings is 1. The van der Waals surface area contributed by atoms with E-state index < -0.39 is 6.09 Å². The number of hydrogen-bond donors (Lipinski definition) is 1. The molecule has 0 saturated carbocycles. The van der Waals surface area contributed by atoms with Crippen molar-refractivity contribution in [3.05, 3.63) is 35.9 Å². The maximum absolute atomic E-state index is 11.9. The molecule has 1 aromatic carbocycles. The van der Waals surface area contributed by atoms with Crippen LogP contribution in [0.4, 0.5) is 4.79 Å². The summed E-state index contributed by atoms with van der Waals surface area (Å²) >= 11 is 0. The van der Waals surface area contributed by atoms with Crippen LogP contribution < -0.4 is 5.32 Å². The van der Waals surface area contributed by atoms with Gasteiger partial charge in [0.25, 0.3) is 0 Å². The SMILES string of the molecule is O=CC1CCCN1C(=O)CNC(=O)OCc1ccccc1. The van der Waals surface area contributed by atoms with Gasteiger partial charge in [0, 0.05) is 6.54 Å². The minimum atomic E-state index is -0.644. The van der Waals surface area contributed by atoms with Crippen molar-refractivity contribution in [1.29, 1.82) is 0 Å². The number of carbonyl (C=O) groups is 3. The summed E-state index contributed by atoms with van der Waals surface area (Å²) in [5, 5.41) is 2.41. The van der Waals surface area contributed by atoms with Gasteiger partial charge in [0.15, 0.2) is 0 Å². The second kappa shape index (κ2) is 7.42. The molecule has 2 rings (SSSR count). The maximum Gasteiger partial charge on any atom is 0.407 e. The molecule has 1 unspecified atom stereocenters. The Hall–Kier alpha value is -2.37. The van der Waals surface area contributed by atoms with Gasteiger partial charge in [0.1, 0.15) is 19.4 Å². The molecule has 1 aliphatic heterocycles. The predicted octanol–water partition coefficient (Wildman–Crippen LogP) is 1.10. The third kappa shape index (κ3) is 4.30. The zero-order valence-corrected chi connectivity index (χ0v) is 11.7. The molecular formula is C15H18N2O4. The molecule has 1 N–H and O–H groups in total. The largest absolute Gasteiger partial charge is 0.445 e. The summed E-state index contributed by atoms with van der Waals surface area (Å²) in [5.41, 5.74) is 0.875. The number of likely N-dealkylation sites (tertiary alicyclic amines) is 1. The Morgan fingerprint density at radius 1 is 1.33 bits per heavy atom. The molecule has 0 spiro atoms. The Morgan fingerprint density at radius 2 is 2.10 bits per heavy atom. The van der Waals surface area contributed by atoms with Gasteiger partial charge in [-0.25, -0.2) is 4.79 Å². The van der Waals surface area contributed by atoms with Gasteiger partial charge in [0.2, 0.25) is 5.91 Å². The molecule has 1 saturated heterocycles. The Balaban J connectivity index is 1.71. The third-order valence-corrected chi connectivity index (χ3v) is 3.37. The summed E-state index contributed by atoms with van der Waals surface area (Å²) in [6, 6.07) is 8.91. The molecule has 6 nitrogen and oxygen atoms in total. The first kappa shape index (κ1) is 15.0. The van der Waals surface area contributed by atoms with Crippen molar-refractivity contribution in [2.24, 2.45) is 0 Å². The maximum atomic E-state index is 11.9. The van der Waals surface area contributed by atoms with Gasteiger partial charge in [-0.2, -0.15) is 0 Å². The minimum absolute atomic E-state index is 0.154. The van der Waals surface area contributed by atoms with Crippen molar-refractivity contribution < 1.29 is 19.1 Å². The van der Waals surface area contributed by atoms with Crippen LogP contribution in [-0.4, -0.2) is 42.3 Å². The lowest BCUT2D eigenvalue weighted by Gasteiger charge is -2.20. The van der Waals surface area contributed by atoms with E-state index in [9.17, 15) is 14.4 Å². The van der Waals surface area contributed by atoms with E-state index in [1.807, 2.05) is 30.3 Å². The van der Waals surface area contributed by atoms with E-state index in [0.29, 0.717) is 13.0 Å². The van der Waals surface area contributed by atoms with E-state index in [0.717, 1.165) is 18.3 Å². The van der Waals surface area contributed by atoms with E-state index >= 15 is 0 Å². The van der Waals surface area contributed by atoms with Crippen LogP contribution in [0.15, 0.2) is 30.3 Å². The lowest BCUT2D eigenvalue weighted by Crippen LogP contribution is -2.43. The molecule has 1 aliphatic rings. The lowest BCUT2D eigenvalue weighted by molar-refractivity contribution is -0.133. The highest BCUT2D eigenvalue weighted by molar-refractivity contribution is 5.84. The predicted molar refractivity (Wildman–Crippen MR) is 75.4 cm³/mol. The second-order valence-electron chi connectivity index (χ2n) is 4.85. The van der Waals surface area contributed by atoms with Crippen LogP contribution in [-0.2, 0) is 20.9 Å². The van der Waals surface area contributed by atoms with Crippen LogP contribution in [0.5, 0.6) is 0 Å². The van der Waals surface area contributed by atoms with Gasteiger partial charge >= 0.3 is 6.09 Å². The second-order valence-corrected chi connectivity index (χ2v) is 4.85. The summed E-state index contributed by atoms with van der Waals surface area (Å²) < 4.78 is 5.00. The Bertz CT molecular complexity index is 504. The van der Waals surface area contributed by atoms with E-state index in [2.05, 4.69) is 5.32 Å². The van der Waals surface area contributed by atoms with Crippen LogP contribution in [0.1, 0.15) is 18.4 Å². The van der Waals surface area contributed by atoms with Crippen molar-refractivity contribution in [2.45, 2.75) is 25.5 Å². The molecule has 2 amide bonds. The van der Waals surface area contributed by atoms with Gasteiger partial charge in [0.05, 0.1) is 6.04 Å². The monoisotopic (exact) mass is 290 g/mol. The average Bonchev–Trinajstić information content (AvgIpc) is 3.00. The van der Waals surface area contributed by atoms with Crippen LogP contribution in [0.3, 0.4) is 0 Å². The summed E-state index contributed by atoms with van der Waals surface area (Å²) in [5.74, 6) is -0.263. The fourth-order valence-corrected chi connectivity index (χ4v) is 2.27. The van der Waals surface area contributed by atoms with Gasteiger partial charge in [-0.3, -0.25) is 4.79 Å². The molecule has 112 valence electrons. The van der Waals surface area contributed by atoms with Crippen LogP contribution in [0, 0.1) is 0 Å². The standard InChI is InChI=1S/C15H18N2O4/c18-10-13-7-4-8-17(13)14(19)9-16-15(20)21-11-12-5-2-1-3-6-12/h1-3,5-6,10,13H,4,7-9,11H2,(H,16,20). The number of amides is 2. The molecule has 1 aromatic rings. The summed E-state index contributed by atoms with van der Waals surface area (Å²) in [4.78, 5) is 35.7. The number of carbonyl (C=O) groups excluding carboxylic acids is 3. The summed E-state index contributed by atoms with van der Waals surface area (Å²) in [7, 11) is 0. The number of alkyl carbamates (subject to hydrolysis) is 1. The van der Waals surface area contributed by atoms with E-state index in [1.54, 1.807) is 0 Å². The van der Waals surface area contributed by atoms with Gasteiger partial charge < -0.3 is 19.7 Å². The van der Waals surface area contributed by atoms with E-state index in [-0.39, 0.29) is 25.1 Å². The molecule has 0 bridgehead atoms. The van der Waals surface area contributed by atoms with Crippen molar-refractivity contribution in [3.63, 3.8) is 0 Å². The van der Waals surface area contributed by atoms with Crippen molar-refractivity contribution in [1.82, 2.24) is 10.2 Å². The number of ether oxygens (including phenoxy) is 1. The van der Waals surface area contributed by atoms with Crippen LogP contribution in [0.2, 0.25) is 0 Å². The molecule has 1 heterocycles. The fourth-order valence-electron chi connectivity index (χ4n) is 2.27. The van der Waals surface area contributed by atoms with E-state index in [1.165, 1.54) is 4.90 Å². The highest BCUT2D eigenvalue weighted by atomic mass is 16.5. The Morgan fingerprint density at radius 3 is 2.81 bits per heavy atom. The van der Waals surface area contributed by atoms with Crippen molar-refractivity contribution >= 4 is 18.3 Å². The molecule has 21 heavy (non-hydrogen) atoms. The highest BCUT2D eigenvalue weighted by Gasteiger charge is 2.28. The Labute approximate surface area is 123 Å². The molecular weight excluding hydrogens is 272 g/mol. The van der Waals surface area contributed by atoms with Crippen LogP contribution in [0.25, 0.3) is 0 Å². The summed E-state index contributed by atoms with van der Waals surface area (Å²) in [6.07, 6.45) is 1.63. The quantitative estimate of drug-likeness (QED) is 0.824. The molecule has 6 heteroatoms. The highest BCUT2D eigenvalue weighted by Crippen LogP contribution is 2.14. The number of hydrogen-bond acceptors (Lipinski definition) is 4. The molecule has 0 aromatic heterocycles. The molecule has 1 atom stereocenters. The van der Waals surface area contributed by atoms with Gasteiger partial charge in [-0.15, -0.1) is 0 Å². The molecule has 0 radical (unpaired) electrons. The van der Waals surface area contributed by atoms with Crippen LogP contribution >= 0.6 is 0 Å².